The summed E-state index contributed by atoms with van der Waals surface area (Å²) in [6.45, 7) is 0. The molecule has 2 rings (SSSR count). The third-order valence-corrected chi connectivity index (χ3v) is 4.13. The molecule has 0 atom stereocenters. The Bertz CT molecular complexity index is 894. The maximum absolute atomic E-state index is 13.5. The molecule has 0 bridgehead atoms. The summed E-state index contributed by atoms with van der Waals surface area (Å²) in [7, 11) is -4.84. The molecule has 24 heavy (non-hydrogen) atoms. The van der Waals surface area contributed by atoms with E-state index in [-0.39, 0.29) is 10.0 Å². The van der Waals surface area contributed by atoms with E-state index in [0.29, 0.717) is 0 Å². The fraction of sp³-hybridized carbons (Fsp3) is 0.0833. The van der Waals surface area contributed by atoms with Crippen LogP contribution >= 0.6 is 23.2 Å². The minimum atomic E-state index is -4.84. The monoisotopic (exact) mass is 407 g/mol. The molecular formula is C12H4Cl2F5NO3S. The molecule has 0 amide bonds. The first-order valence-corrected chi connectivity index (χ1v) is 8.10. The number of aromatic nitrogens is 1. The number of halogens is 7. The number of benzene rings is 1. The Balaban J connectivity index is 2.40. The molecule has 0 radical (unpaired) electrons. The summed E-state index contributed by atoms with van der Waals surface area (Å²) in [5, 5.41) is -0.298. The van der Waals surface area contributed by atoms with Crippen molar-refractivity contribution in [3.63, 3.8) is 0 Å². The van der Waals surface area contributed by atoms with Crippen molar-refractivity contribution in [1.29, 1.82) is 0 Å². The maximum atomic E-state index is 13.5. The van der Waals surface area contributed by atoms with Gasteiger partial charge in [-0.2, -0.15) is 8.42 Å². The van der Waals surface area contributed by atoms with Crippen LogP contribution in [-0.2, 0) is 15.9 Å². The molecular weight excluding hydrogens is 404 g/mol. The Hall–Kier alpha value is -1.65. The van der Waals surface area contributed by atoms with Crippen molar-refractivity contribution in [2.24, 2.45) is 0 Å². The van der Waals surface area contributed by atoms with Gasteiger partial charge in [-0.25, -0.2) is 26.9 Å². The largest absolute Gasteiger partial charge is 0.360 e. The average molecular weight is 408 g/mol. The average Bonchev–Trinajstić information content (AvgIpc) is 2.50. The van der Waals surface area contributed by atoms with E-state index in [1.807, 2.05) is 0 Å². The summed E-state index contributed by atoms with van der Waals surface area (Å²) in [5.41, 5.74) is -1.57. The highest BCUT2D eigenvalue weighted by Crippen LogP contribution is 2.28. The zero-order valence-electron chi connectivity index (χ0n) is 11.1. The van der Waals surface area contributed by atoms with Crippen LogP contribution in [0.5, 0.6) is 5.88 Å². The van der Waals surface area contributed by atoms with E-state index in [0.717, 1.165) is 12.3 Å². The molecule has 0 spiro atoms. The predicted octanol–water partition coefficient (Wildman–Crippen LogP) is 3.99. The molecule has 0 aliphatic rings. The zero-order chi connectivity index (χ0) is 18.2. The smallest absolute Gasteiger partial charge is 0.315 e. The normalized spacial score (nSPS) is 11.6. The lowest BCUT2D eigenvalue weighted by molar-refractivity contribution is 0.371. The van der Waals surface area contributed by atoms with Gasteiger partial charge in [0.05, 0.1) is 5.02 Å². The van der Waals surface area contributed by atoms with Crippen LogP contribution in [0.3, 0.4) is 0 Å². The van der Waals surface area contributed by atoms with Crippen LogP contribution in [0.25, 0.3) is 0 Å². The van der Waals surface area contributed by atoms with Crippen LogP contribution < -0.4 is 4.18 Å². The molecule has 0 aliphatic heterocycles. The summed E-state index contributed by atoms with van der Waals surface area (Å²) in [4.78, 5) is 3.44. The highest BCUT2D eigenvalue weighted by molar-refractivity contribution is 7.86. The lowest BCUT2D eigenvalue weighted by atomic mass is 10.2. The van der Waals surface area contributed by atoms with E-state index >= 15 is 0 Å². The van der Waals surface area contributed by atoms with Gasteiger partial charge in [0.15, 0.2) is 23.3 Å². The van der Waals surface area contributed by atoms with Gasteiger partial charge in [-0.1, -0.05) is 23.2 Å². The Morgan fingerprint density at radius 1 is 0.958 bits per heavy atom. The van der Waals surface area contributed by atoms with Gasteiger partial charge in [-0.3, -0.25) is 0 Å². The Morgan fingerprint density at radius 2 is 1.46 bits per heavy atom. The van der Waals surface area contributed by atoms with Crippen LogP contribution in [-0.4, -0.2) is 13.4 Å². The SMILES string of the molecule is O=S(=O)(Cc1c(F)c(F)c(F)c(F)c1F)Oc1ncc(Cl)cc1Cl. The lowest BCUT2D eigenvalue weighted by Crippen LogP contribution is -2.17. The van der Waals surface area contributed by atoms with E-state index in [1.54, 1.807) is 0 Å². The van der Waals surface area contributed by atoms with Crippen molar-refractivity contribution >= 4 is 33.3 Å². The molecule has 1 heterocycles. The van der Waals surface area contributed by atoms with Crippen molar-refractivity contribution in [2.75, 3.05) is 0 Å². The fourth-order valence-electron chi connectivity index (χ4n) is 1.57. The molecule has 2 aromatic rings. The predicted molar refractivity (Wildman–Crippen MR) is 73.7 cm³/mol. The van der Waals surface area contributed by atoms with E-state index < -0.39 is 56.4 Å². The number of hydrogen-bond acceptors (Lipinski definition) is 4. The molecule has 0 aliphatic carbocycles. The molecule has 4 nitrogen and oxygen atoms in total. The van der Waals surface area contributed by atoms with Crippen molar-refractivity contribution in [3.05, 3.63) is 57.0 Å². The maximum Gasteiger partial charge on any atom is 0.315 e. The number of rotatable bonds is 4. The van der Waals surface area contributed by atoms with Gasteiger partial charge in [-0.15, -0.1) is 0 Å². The van der Waals surface area contributed by atoms with Crippen LogP contribution in [0, 0.1) is 29.1 Å². The summed E-state index contributed by atoms with van der Waals surface area (Å²) < 4.78 is 94.1. The third-order valence-electron chi connectivity index (χ3n) is 2.60. The summed E-state index contributed by atoms with van der Waals surface area (Å²) in [6, 6.07) is 1.07. The second-order valence-corrected chi connectivity index (χ2v) is 6.69. The van der Waals surface area contributed by atoms with E-state index in [4.69, 9.17) is 23.2 Å². The van der Waals surface area contributed by atoms with Gasteiger partial charge >= 0.3 is 10.1 Å². The second kappa shape index (κ2) is 6.69. The van der Waals surface area contributed by atoms with Gasteiger partial charge in [0.2, 0.25) is 5.82 Å². The minimum absolute atomic E-state index is 0.0458. The highest BCUT2D eigenvalue weighted by Gasteiger charge is 2.30. The molecule has 1 aromatic heterocycles. The topological polar surface area (TPSA) is 56.3 Å². The molecule has 0 unspecified atom stereocenters. The van der Waals surface area contributed by atoms with Crippen LogP contribution in [0.15, 0.2) is 12.3 Å². The molecule has 0 fully saturated rings. The van der Waals surface area contributed by atoms with Crippen molar-refractivity contribution < 1.29 is 34.6 Å². The van der Waals surface area contributed by atoms with Gasteiger partial charge in [0, 0.05) is 11.8 Å². The first kappa shape index (κ1) is 18.7. The summed E-state index contributed by atoms with van der Waals surface area (Å²) in [6.07, 6.45) is 0.969. The van der Waals surface area contributed by atoms with Crippen molar-refractivity contribution in [1.82, 2.24) is 4.98 Å². The second-order valence-electron chi connectivity index (χ2n) is 4.27. The first-order valence-electron chi connectivity index (χ1n) is 5.77. The molecule has 0 saturated heterocycles. The molecule has 1 aromatic carbocycles. The molecule has 0 saturated carbocycles. The van der Waals surface area contributed by atoms with E-state index in [9.17, 15) is 30.4 Å². The number of nitrogens with zero attached hydrogens (tertiary/aromatic N) is 1. The Labute approximate surface area is 141 Å². The van der Waals surface area contributed by atoms with Crippen LogP contribution in [0.4, 0.5) is 22.0 Å². The first-order chi connectivity index (χ1) is 11.0. The van der Waals surface area contributed by atoms with Gasteiger partial charge < -0.3 is 4.18 Å². The zero-order valence-corrected chi connectivity index (χ0v) is 13.4. The molecule has 12 heteroatoms. The molecule has 130 valence electrons. The fourth-order valence-corrected chi connectivity index (χ4v) is 3.07. The van der Waals surface area contributed by atoms with Crippen molar-refractivity contribution in [3.8, 4) is 5.88 Å². The van der Waals surface area contributed by atoms with Crippen molar-refractivity contribution in [2.45, 2.75) is 5.75 Å². The Morgan fingerprint density at radius 3 is 1.96 bits per heavy atom. The summed E-state index contributed by atoms with van der Waals surface area (Å²) in [5.74, 6) is -13.8. The number of pyridine rings is 1. The van der Waals surface area contributed by atoms with Gasteiger partial charge in [0.25, 0.3) is 5.88 Å². The van der Waals surface area contributed by atoms with Crippen LogP contribution in [0.1, 0.15) is 5.56 Å². The number of hydrogen-bond donors (Lipinski definition) is 0. The van der Waals surface area contributed by atoms with Gasteiger partial charge in [0.1, 0.15) is 10.8 Å². The highest BCUT2D eigenvalue weighted by atomic mass is 35.5. The quantitative estimate of drug-likeness (QED) is 0.332. The third kappa shape index (κ3) is 3.70. The molecule has 0 N–H and O–H groups in total. The lowest BCUT2D eigenvalue weighted by Gasteiger charge is -2.10. The van der Waals surface area contributed by atoms with Gasteiger partial charge in [-0.05, 0) is 6.07 Å². The van der Waals surface area contributed by atoms with E-state index in [2.05, 4.69) is 9.17 Å². The standard InChI is InChI=1S/C12H4Cl2F5NO3S/c13-4-1-6(14)12(20-2-4)23-24(21,22)3-5-7(15)9(17)11(19)10(18)8(5)16/h1-2H,3H2. The summed E-state index contributed by atoms with van der Waals surface area (Å²) >= 11 is 11.2. The minimum Gasteiger partial charge on any atom is -0.360 e. The van der Waals surface area contributed by atoms with E-state index in [1.165, 1.54) is 0 Å². The Kier molecular flexibility index (Phi) is 5.21. The van der Waals surface area contributed by atoms with Crippen LogP contribution in [0.2, 0.25) is 10.0 Å².